The minimum atomic E-state index is -1.10. The van der Waals surface area contributed by atoms with Gasteiger partial charge in [0.1, 0.15) is 5.25 Å². The molecule has 0 radical (unpaired) electrons. The number of nitrogens with one attached hydrogen (secondary N) is 2. The molecule has 0 saturated carbocycles. The molecule has 1 unspecified atom stereocenters. The molecule has 0 aliphatic heterocycles. The fourth-order valence-electron chi connectivity index (χ4n) is 4.82. The first-order chi connectivity index (χ1) is 21.9. The highest BCUT2D eigenvalue weighted by molar-refractivity contribution is 9.10. The molecule has 10 heteroatoms. The van der Waals surface area contributed by atoms with E-state index in [1.54, 1.807) is 42.5 Å². The lowest BCUT2D eigenvalue weighted by Crippen LogP contribution is -2.19. The molecule has 1 aromatic heterocycles. The van der Waals surface area contributed by atoms with Crippen molar-refractivity contribution >= 4 is 78.4 Å². The van der Waals surface area contributed by atoms with Crippen molar-refractivity contribution in [2.75, 3.05) is 10.6 Å². The number of fused-ring (bicyclic) bond motifs is 1. The number of nitrogens with zero attached hydrogens (tertiary/aromatic N) is 1. The summed E-state index contributed by atoms with van der Waals surface area (Å²) >= 11 is 6.20. The molecule has 45 heavy (non-hydrogen) atoms. The van der Waals surface area contributed by atoms with E-state index in [-0.39, 0.29) is 17.0 Å². The Morgan fingerprint density at radius 1 is 0.778 bits per heavy atom. The summed E-state index contributed by atoms with van der Waals surface area (Å²) in [5.41, 5.74) is 3.46. The molecule has 0 aliphatic rings. The molecule has 222 valence electrons. The largest absolute Gasteiger partial charge is 0.478 e. The van der Waals surface area contributed by atoms with Gasteiger partial charge in [0.2, 0.25) is 5.91 Å². The van der Waals surface area contributed by atoms with Crippen LogP contribution >= 0.6 is 39.0 Å². The van der Waals surface area contributed by atoms with Crippen molar-refractivity contribution in [2.24, 2.45) is 0 Å². The Labute approximate surface area is 275 Å². The van der Waals surface area contributed by atoms with Gasteiger partial charge in [-0.05, 0) is 59.5 Å². The number of halogens is 1. The lowest BCUT2D eigenvalue weighted by atomic mass is 9.98. The highest BCUT2D eigenvalue weighted by Gasteiger charge is 2.24. The SMILES string of the molecule is O=C(O)c1cccc2cccc(C(=O)Nc3ccc(SC(C(=O)Nc4nc(-c5ccc(Br)cc5)cs4)c4ccccc4)cc3)c12. The van der Waals surface area contributed by atoms with E-state index >= 15 is 0 Å². The Bertz CT molecular complexity index is 2010. The number of carboxylic acids is 1. The van der Waals surface area contributed by atoms with Gasteiger partial charge in [-0.2, -0.15) is 0 Å². The van der Waals surface area contributed by atoms with Crippen molar-refractivity contribution in [3.05, 3.63) is 142 Å². The molecule has 7 nitrogen and oxygen atoms in total. The molecule has 0 spiro atoms. The number of anilines is 2. The molecule has 1 heterocycles. The van der Waals surface area contributed by atoms with Gasteiger partial charge < -0.3 is 15.7 Å². The van der Waals surface area contributed by atoms with E-state index in [2.05, 4.69) is 31.5 Å². The lowest BCUT2D eigenvalue weighted by molar-refractivity contribution is -0.115. The zero-order valence-electron chi connectivity index (χ0n) is 23.4. The molecule has 0 bridgehead atoms. The molecule has 6 rings (SSSR count). The Balaban J connectivity index is 1.18. The van der Waals surface area contributed by atoms with Gasteiger partial charge in [0.15, 0.2) is 5.13 Å². The van der Waals surface area contributed by atoms with Gasteiger partial charge >= 0.3 is 5.97 Å². The number of carboxylic acid groups (broad SMARTS) is 1. The fraction of sp³-hybridized carbons (Fsp3) is 0.0286. The predicted molar refractivity (Wildman–Crippen MR) is 184 cm³/mol. The molecule has 5 aromatic carbocycles. The van der Waals surface area contributed by atoms with Crippen molar-refractivity contribution in [3.63, 3.8) is 0 Å². The second kappa shape index (κ2) is 13.5. The number of hydrogen-bond donors (Lipinski definition) is 3. The Hall–Kier alpha value is -4.77. The van der Waals surface area contributed by atoms with Crippen LogP contribution in [0.1, 0.15) is 31.5 Å². The third-order valence-corrected chi connectivity index (χ3v) is 9.51. The van der Waals surface area contributed by atoms with Gasteiger partial charge in [-0.15, -0.1) is 23.1 Å². The summed E-state index contributed by atoms with van der Waals surface area (Å²) in [7, 11) is 0. The molecule has 0 aliphatic carbocycles. The number of rotatable bonds is 9. The first kappa shape index (κ1) is 30.3. The first-order valence-corrected chi connectivity index (χ1v) is 16.3. The molecule has 6 aromatic rings. The van der Waals surface area contributed by atoms with Crippen LogP contribution in [-0.4, -0.2) is 27.9 Å². The van der Waals surface area contributed by atoms with Crippen molar-refractivity contribution in [1.29, 1.82) is 0 Å². The van der Waals surface area contributed by atoms with E-state index in [9.17, 15) is 19.5 Å². The number of hydrogen-bond acceptors (Lipinski definition) is 6. The van der Waals surface area contributed by atoms with Crippen LogP contribution in [0.3, 0.4) is 0 Å². The van der Waals surface area contributed by atoms with Gasteiger partial charge in [-0.1, -0.05) is 82.7 Å². The van der Waals surface area contributed by atoms with E-state index in [1.165, 1.54) is 29.2 Å². The van der Waals surface area contributed by atoms with Crippen LogP contribution in [0, 0.1) is 0 Å². The van der Waals surface area contributed by atoms with Crippen LogP contribution in [0.5, 0.6) is 0 Å². The molecule has 2 amide bonds. The number of benzene rings is 5. The topological polar surface area (TPSA) is 108 Å². The summed E-state index contributed by atoms with van der Waals surface area (Å²) in [6, 6.07) is 34.6. The third kappa shape index (κ3) is 6.99. The monoisotopic (exact) mass is 693 g/mol. The fourth-order valence-corrected chi connectivity index (χ4v) is 6.83. The van der Waals surface area contributed by atoms with E-state index in [0.29, 0.717) is 21.6 Å². The standard InChI is InChI=1S/C35H24BrN3O4S2/c36-24-14-12-21(13-15-24)29-20-44-35(38-29)39-33(41)31(23-6-2-1-3-7-23)45-26-18-16-25(17-19-26)37-32(40)27-10-4-8-22-9-5-11-28(30(22)27)34(42)43/h1-20,31H,(H,37,40)(H,42,43)(H,38,39,41). The van der Waals surface area contributed by atoms with Crippen LogP contribution in [0.25, 0.3) is 22.0 Å². The van der Waals surface area contributed by atoms with Crippen molar-refractivity contribution in [3.8, 4) is 11.3 Å². The number of thiazole rings is 1. The summed E-state index contributed by atoms with van der Waals surface area (Å²) in [5.74, 6) is -1.72. The number of aromatic carboxylic acids is 1. The minimum Gasteiger partial charge on any atom is -0.478 e. The van der Waals surface area contributed by atoms with Gasteiger partial charge in [-0.3, -0.25) is 9.59 Å². The number of thioether (sulfide) groups is 1. The summed E-state index contributed by atoms with van der Waals surface area (Å²) in [6.45, 7) is 0. The predicted octanol–water partition coefficient (Wildman–Crippen LogP) is 9.15. The zero-order chi connectivity index (χ0) is 31.3. The average molecular weight is 695 g/mol. The summed E-state index contributed by atoms with van der Waals surface area (Å²) in [6.07, 6.45) is 0. The summed E-state index contributed by atoms with van der Waals surface area (Å²) in [4.78, 5) is 44.1. The van der Waals surface area contributed by atoms with E-state index in [4.69, 9.17) is 0 Å². The number of aromatic nitrogens is 1. The maximum atomic E-state index is 13.6. The Morgan fingerprint density at radius 3 is 2.16 bits per heavy atom. The molecular formula is C35H24BrN3O4S2. The Morgan fingerprint density at radius 2 is 1.47 bits per heavy atom. The molecule has 0 saturated heterocycles. The van der Waals surface area contributed by atoms with Gasteiger partial charge in [0.25, 0.3) is 5.91 Å². The second-order valence-corrected chi connectivity index (χ2v) is 12.9. The summed E-state index contributed by atoms with van der Waals surface area (Å²) < 4.78 is 0.979. The lowest BCUT2D eigenvalue weighted by Gasteiger charge is -2.16. The first-order valence-electron chi connectivity index (χ1n) is 13.8. The second-order valence-electron chi connectivity index (χ2n) is 9.94. The van der Waals surface area contributed by atoms with Gasteiger partial charge in [-0.25, -0.2) is 9.78 Å². The molecule has 1 atom stereocenters. The zero-order valence-corrected chi connectivity index (χ0v) is 26.7. The van der Waals surface area contributed by atoms with Crippen LogP contribution in [0.2, 0.25) is 0 Å². The highest BCUT2D eigenvalue weighted by atomic mass is 79.9. The Kier molecular flexibility index (Phi) is 9.06. The van der Waals surface area contributed by atoms with E-state index in [0.717, 1.165) is 26.2 Å². The minimum absolute atomic E-state index is 0.0671. The maximum Gasteiger partial charge on any atom is 0.336 e. The quantitative estimate of drug-likeness (QED) is 0.130. The maximum absolute atomic E-state index is 13.6. The molecular weight excluding hydrogens is 670 g/mol. The van der Waals surface area contributed by atoms with Crippen LogP contribution in [0.15, 0.2) is 130 Å². The van der Waals surface area contributed by atoms with Crippen molar-refractivity contribution in [2.45, 2.75) is 10.1 Å². The summed E-state index contributed by atoms with van der Waals surface area (Å²) in [5, 5.41) is 18.5. The van der Waals surface area contributed by atoms with Crippen molar-refractivity contribution < 1.29 is 19.5 Å². The third-order valence-electron chi connectivity index (χ3n) is 6.96. The van der Waals surface area contributed by atoms with Crippen LogP contribution < -0.4 is 10.6 Å². The van der Waals surface area contributed by atoms with Gasteiger partial charge in [0, 0.05) is 36.9 Å². The molecule has 3 N–H and O–H groups in total. The van der Waals surface area contributed by atoms with E-state index < -0.39 is 17.1 Å². The highest BCUT2D eigenvalue weighted by Crippen LogP contribution is 2.37. The smallest absolute Gasteiger partial charge is 0.336 e. The normalized spacial score (nSPS) is 11.6. The average Bonchev–Trinajstić information content (AvgIpc) is 3.52. The number of amides is 2. The van der Waals surface area contributed by atoms with Gasteiger partial charge in [0.05, 0.1) is 11.3 Å². The number of carbonyl (C=O) groups is 3. The van der Waals surface area contributed by atoms with Crippen molar-refractivity contribution in [1.82, 2.24) is 4.98 Å². The van der Waals surface area contributed by atoms with Crippen LogP contribution in [0.4, 0.5) is 10.8 Å². The van der Waals surface area contributed by atoms with Crippen LogP contribution in [-0.2, 0) is 4.79 Å². The van der Waals surface area contributed by atoms with E-state index in [1.807, 2.05) is 72.1 Å². The molecule has 0 fully saturated rings. The number of carbonyl (C=O) groups excluding carboxylic acids is 2.